The van der Waals surface area contributed by atoms with Crippen molar-refractivity contribution in [2.45, 2.75) is 6.54 Å². The minimum atomic E-state index is -0.239. The molecule has 4 aromatic rings. The highest BCUT2D eigenvalue weighted by molar-refractivity contribution is 7.21. The summed E-state index contributed by atoms with van der Waals surface area (Å²) in [5, 5.41) is 15.5. The number of amides is 1. The van der Waals surface area contributed by atoms with Crippen molar-refractivity contribution >= 4 is 43.9 Å². The fourth-order valence-corrected chi connectivity index (χ4v) is 5.06. The lowest BCUT2D eigenvalue weighted by molar-refractivity contribution is 0.0951. The van der Waals surface area contributed by atoms with E-state index in [9.17, 15) is 9.90 Å². The second-order valence-corrected chi connectivity index (χ2v) is 8.57. The van der Waals surface area contributed by atoms with Crippen molar-refractivity contribution < 1.29 is 19.4 Å². The Morgan fingerprint density at radius 3 is 2.84 bits per heavy atom. The highest BCUT2D eigenvalue weighted by Crippen LogP contribution is 2.38. The molecule has 8 nitrogen and oxygen atoms in total. The summed E-state index contributed by atoms with van der Waals surface area (Å²) in [7, 11) is 1.61. The average Bonchev–Trinajstić information content (AvgIpc) is 3.41. The van der Waals surface area contributed by atoms with Crippen molar-refractivity contribution in [3.8, 4) is 11.6 Å². The van der Waals surface area contributed by atoms with E-state index in [1.54, 1.807) is 11.7 Å². The molecule has 3 heterocycles. The first-order chi connectivity index (χ1) is 15.7. The fraction of sp³-hybridized carbons (Fsp3) is 0.304. The predicted octanol–water partition coefficient (Wildman–Crippen LogP) is 3.23. The number of carbonyl (C=O) groups excluding carboxylic acids is 1. The molecule has 2 aromatic heterocycles. The maximum absolute atomic E-state index is 12.8. The summed E-state index contributed by atoms with van der Waals surface area (Å²) in [6.07, 6.45) is 1.88. The number of aromatic nitrogens is 2. The van der Waals surface area contributed by atoms with Crippen LogP contribution in [-0.2, 0) is 11.3 Å². The highest BCUT2D eigenvalue weighted by atomic mass is 32.1. The van der Waals surface area contributed by atoms with Gasteiger partial charge in [0, 0.05) is 43.1 Å². The van der Waals surface area contributed by atoms with E-state index in [-0.39, 0.29) is 11.8 Å². The number of benzene rings is 2. The van der Waals surface area contributed by atoms with E-state index >= 15 is 0 Å². The van der Waals surface area contributed by atoms with Crippen molar-refractivity contribution in [2.24, 2.45) is 0 Å². The van der Waals surface area contributed by atoms with Gasteiger partial charge in [0.25, 0.3) is 5.91 Å². The normalized spacial score (nSPS) is 14.2. The van der Waals surface area contributed by atoms with Crippen LogP contribution in [0, 0.1) is 0 Å². The van der Waals surface area contributed by atoms with E-state index in [1.165, 1.54) is 11.3 Å². The molecule has 0 saturated carbocycles. The molecular weight excluding hydrogens is 428 g/mol. The number of thiazole rings is 1. The van der Waals surface area contributed by atoms with Crippen LogP contribution in [0.25, 0.3) is 21.0 Å². The van der Waals surface area contributed by atoms with Crippen molar-refractivity contribution in [3.05, 3.63) is 47.6 Å². The fourth-order valence-electron chi connectivity index (χ4n) is 4.02. The molecule has 5 rings (SSSR count). The quantitative estimate of drug-likeness (QED) is 0.467. The molecule has 1 aliphatic heterocycles. The summed E-state index contributed by atoms with van der Waals surface area (Å²) in [6, 6.07) is 11.6. The van der Waals surface area contributed by atoms with Crippen molar-refractivity contribution in [3.63, 3.8) is 0 Å². The van der Waals surface area contributed by atoms with Gasteiger partial charge in [-0.1, -0.05) is 18.2 Å². The van der Waals surface area contributed by atoms with Crippen LogP contribution < -0.4 is 15.0 Å². The van der Waals surface area contributed by atoms with Gasteiger partial charge in [-0.15, -0.1) is 11.3 Å². The molecule has 0 radical (unpaired) electrons. The number of fused-ring (bicyclic) bond motifs is 2. The zero-order valence-electron chi connectivity index (χ0n) is 17.7. The van der Waals surface area contributed by atoms with Gasteiger partial charge in [0.2, 0.25) is 0 Å². The van der Waals surface area contributed by atoms with Gasteiger partial charge in [0.1, 0.15) is 11.3 Å². The van der Waals surface area contributed by atoms with Crippen LogP contribution >= 0.6 is 11.3 Å². The van der Waals surface area contributed by atoms with Crippen LogP contribution in [0.3, 0.4) is 0 Å². The average molecular weight is 453 g/mol. The topological polar surface area (TPSA) is 88.9 Å². The molecule has 1 aliphatic rings. The van der Waals surface area contributed by atoms with Crippen LogP contribution in [0.2, 0.25) is 0 Å². The Hall–Kier alpha value is -3.30. The summed E-state index contributed by atoms with van der Waals surface area (Å²) in [4.78, 5) is 19.7. The zero-order valence-corrected chi connectivity index (χ0v) is 18.5. The molecule has 1 saturated heterocycles. The minimum absolute atomic E-state index is 0.203. The summed E-state index contributed by atoms with van der Waals surface area (Å²) in [6.45, 7) is 3.79. The SMILES string of the molecule is COc1ccc(N2CCOCC2)c2sc(C(=O)NCCn3cc4ccccc4c3O)nc12. The minimum Gasteiger partial charge on any atom is -0.494 e. The van der Waals surface area contributed by atoms with Crippen molar-refractivity contribution in [2.75, 3.05) is 44.9 Å². The number of methoxy groups -OCH3 is 1. The van der Waals surface area contributed by atoms with Gasteiger partial charge in [-0.05, 0) is 18.2 Å². The molecule has 9 heteroatoms. The number of nitrogens with one attached hydrogen (secondary N) is 1. The number of morpholine rings is 1. The third kappa shape index (κ3) is 3.74. The number of hydrogen-bond acceptors (Lipinski definition) is 7. The van der Waals surface area contributed by atoms with Crippen molar-refractivity contribution in [1.82, 2.24) is 14.9 Å². The summed E-state index contributed by atoms with van der Waals surface area (Å²) >= 11 is 1.37. The van der Waals surface area contributed by atoms with Gasteiger partial charge < -0.3 is 29.4 Å². The molecular formula is C23H24N4O4S. The lowest BCUT2D eigenvalue weighted by Crippen LogP contribution is -2.36. The molecule has 0 bridgehead atoms. The Balaban J connectivity index is 1.34. The summed E-state index contributed by atoms with van der Waals surface area (Å²) in [5.41, 5.74) is 1.74. The molecule has 0 aliphatic carbocycles. The first kappa shape index (κ1) is 20.6. The molecule has 166 valence electrons. The highest BCUT2D eigenvalue weighted by Gasteiger charge is 2.21. The monoisotopic (exact) mass is 452 g/mol. The second kappa shape index (κ2) is 8.68. The molecule has 2 N–H and O–H groups in total. The Kier molecular flexibility index (Phi) is 5.59. The predicted molar refractivity (Wildman–Crippen MR) is 125 cm³/mol. The smallest absolute Gasteiger partial charge is 0.280 e. The number of aromatic hydroxyl groups is 1. The van der Waals surface area contributed by atoms with Gasteiger partial charge >= 0.3 is 0 Å². The molecule has 0 spiro atoms. The number of rotatable bonds is 6. The summed E-state index contributed by atoms with van der Waals surface area (Å²) in [5.74, 6) is 0.614. The van der Waals surface area contributed by atoms with Gasteiger partial charge in [-0.2, -0.15) is 0 Å². The lowest BCUT2D eigenvalue weighted by atomic mass is 10.2. The van der Waals surface area contributed by atoms with Crippen LogP contribution in [0.15, 0.2) is 42.6 Å². The van der Waals surface area contributed by atoms with Crippen LogP contribution in [0.1, 0.15) is 9.80 Å². The Bertz CT molecular complexity index is 1280. The molecule has 0 unspecified atom stereocenters. The Labute approximate surface area is 189 Å². The maximum atomic E-state index is 12.8. The molecule has 1 amide bonds. The van der Waals surface area contributed by atoms with Crippen LogP contribution in [0.4, 0.5) is 5.69 Å². The Morgan fingerprint density at radius 1 is 1.25 bits per heavy atom. The molecule has 1 fully saturated rings. The number of anilines is 1. The van der Waals surface area contributed by atoms with Gasteiger partial charge in [-0.3, -0.25) is 4.79 Å². The second-order valence-electron chi connectivity index (χ2n) is 7.57. The number of carbonyl (C=O) groups is 1. The first-order valence-corrected chi connectivity index (χ1v) is 11.3. The van der Waals surface area contributed by atoms with Gasteiger partial charge in [-0.25, -0.2) is 4.98 Å². The van der Waals surface area contributed by atoms with E-state index in [2.05, 4.69) is 15.2 Å². The zero-order chi connectivity index (χ0) is 22.1. The number of nitrogens with zero attached hydrogens (tertiary/aromatic N) is 3. The number of ether oxygens (including phenoxy) is 2. The van der Waals surface area contributed by atoms with E-state index in [4.69, 9.17) is 9.47 Å². The lowest BCUT2D eigenvalue weighted by Gasteiger charge is -2.29. The molecule has 0 atom stereocenters. The number of hydrogen-bond donors (Lipinski definition) is 2. The van der Waals surface area contributed by atoms with Gasteiger partial charge in [0.15, 0.2) is 10.9 Å². The van der Waals surface area contributed by atoms with Crippen LogP contribution in [-0.4, -0.2) is 60.5 Å². The first-order valence-electron chi connectivity index (χ1n) is 10.5. The summed E-state index contributed by atoms with van der Waals surface area (Å²) < 4.78 is 13.6. The van der Waals surface area contributed by atoms with E-state index in [0.29, 0.717) is 42.6 Å². The van der Waals surface area contributed by atoms with E-state index < -0.39 is 0 Å². The molecule has 32 heavy (non-hydrogen) atoms. The third-order valence-corrected chi connectivity index (χ3v) is 6.74. The largest absolute Gasteiger partial charge is 0.494 e. The van der Waals surface area contributed by atoms with E-state index in [0.717, 1.165) is 34.2 Å². The van der Waals surface area contributed by atoms with Crippen molar-refractivity contribution in [1.29, 1.82) is 0 Å². The molecule has 2 aromatic carbocycles. The third-order valence-electron chi connectivity index (χ3n) is 5.66. The van der Waals surface area contributed by atoms with E-state index in [1.807, 2.05) is 42.6 Å². The standard InChI is InChI=1S/C23H24N4O4S/c1-30-18-7-6-17(26-10-12-31-13-11-26)20-19(18)25-22(32-20)21(28)24-8-9-27-14-15-4-2-3-5-16(15)23(27)29/h2-7,14,29H,8-13H2,1H3,(H,24,28). The van der Waals surface area contributed by atoms with Crippen LogP contribution in [0.5, 0.6) is 11.6 Å². The maximum Gasteiger partial charge on any atom is 0.280 e. The Morgan fingerprint density at radius 2 is 2.06 bits per heavy atom. The van der Waals surface area contributed by atoms with Gasteiger partial charge in [0.05, 0.1) is 30.7 Å².